The van der Waals surface area contributed by atoms with Crippen molar-refractivity contribution in [1.82, 2.24) is 4.90 Å². The third-order valence-electron chi connectivity index (χ3n) is 3.85. The van der Waals surface area contributed by atoms with Crippen LogP contribution in [0.2, 0.25) is 0 Å². The maximum atomic E-state index is 13.8. The Balaban J connectivity index is 2.09. The molecule has 1 fully saturated rings. The molecular weight excluding hydrogens is 325 g/mol. The Morgan fingerprint density at radius 2 is 2.05 bits per heavy atom. The average Bonchev–Trinajstić information content (AvgIpc) is 2.42. The zero-order valence-corrected chi connectivity index (χ0v) is 13.4. The Morgan fingerprint density at radius 1 is 1.40 bits per heavy atom. The van der Waals surface area contributed by atoms with Gasteiger partial charge in [-0.05, 0) is 31.5 Å². The van der Waals surface area contributed by atoms with Gasteiger partial charge < -0.3 is 4.74 Å². The van der Waals surface area contributed by atoms with Crippen LogP contribution in [0, 0.1) is 5.82 Å². The fourth-order valence-corrected chi connectivity index (χ4v) is 2.69. The molecule has 20 heavy (non-hydrogen) atoms. The Kier molecular flexibility index (Phi) is 4.94. The van der Waals surface area contributed by atoms with Crippen LogP contribution in [0.3, 0.4) is 0 Å². The molecule has 1 saturated heterocycles. The number of ketones is 1. The molecule has 2 rings (SSSR count). The number of hydrogen-bond acceptors (Lipinski definition) is 3. The van der Waals surface area contributed by atoms with Gasteiger partial charge in [-0.15, -0.1) is 0 Å². The molecule has 0 amide bonds. The molecule has 5 heteroatoms. The molecule has 0 bridgehead atoms. The Labute approximate surface area is 127 Å². The highest BCUT2D eigenvalue weighted by atomic mass is 79.9. The highest BCUT2D eigenvalue weighted by Gasteiger charge is 2.35. The Hall–Kier alpha value is -0.780. The first-order valence-corrected chi connectivity index (χ1v) is 7.50. The van der Waals surface area contributed by atoms with Crippen molar-refractivity contribution >= 4 is 21.7 Å². The number of Topliss-reactive ketones (excluding diaryl/α,β-unsaturated/α-hetero) is 1. The summed E-state index contributed by atoms with van der Waals surface area (Å²) in [6.45, 7) is 6.56. The Morgan fingerprint density at radius 3 is 2.65 bits per heavy atom. The zero-order valence-electron chi connectivity index (χ0n) is 11.8. The normalized spacial score (nSPS) is 17.2. The summed E-state index contributed by atoms with van der Waals surface area (Å²) >= 11 is 3.22. The lowest BCUT2D eigenvalue weighted by Crippen LogP contribution is -2.54. The summed E-state index contributed by atoms with van der Waals surface area (Å²) in [6.07, 6.45) is 0.115. The summed E-state index contributed by atoms with van der Waals surface area (Å²) in [7, 11) is 0. The van der Waals surface area contributed by atoms with Gasteiger partial charge in [0.1, 0.15) is 5.82 Å². The minimum absolute atomic E-state index is 0.0284. The van der Waals surface area contributed by atoms with E-state index in [9.17, 15) is 9.18 Å². The number of ether oxygens (including phenoxy) is 1. The number of carbonyl (C=O) groups excluding carboxylic acids is 1. The van der Waals surface area contributed by atoms with Gasteiger partial charge in [-0.1, -0.05) is 22.0 Å². The monoisotopic (exact) mass is 343 g/mol. The topological polar surface area (TPSA) is 29.5 Å². The highest BCUT2D eigenvalue weighted by Crippen LogP contribution is 2.22. The second-order valence-electron chi connectivity index (χ2n) is 5.49. The minimum atomic E-state index is -0.594. The van der Waals surface area contributed by atoms with Crippen molar-refractivity contribution in [3.05, 3.63) is 34.1 Å². The first-order valence-electron chi connectivity index (χ1n) is 6.71. The number of hydrogen-bond donors (Lipinski definition) is 0. The van der Waals surface area contributed by atoms with E-state index in [2.05, 4.69) is 20.8 Å². The van der Waals surface area contributed by atoms with E-state index in [-0.39, 0.29) is 18.0 Å². The second kappa shape index (κ2) is 6.33. The average molecular weight is 344 g/mol. The van der Waals surface area contributed by atoms with Crippen molar-refractivity contribution in [2.75, 3.05) is 26.3 Å². The molecule has 0 atom stereocenters. The number of morpholine rings is 1. The lowest BCUT2D eigenvalue weighted by atomic mass is 9.91. The molecule has 1 aliphatic rings. The van der Waals surface area contributed by atoms with Gasteiger partial charge in [0.25, 0.3) is 0 Å². The molecule has 0 radical (unpaired) electrons. The van der Waals surface area contributed by atoms with E-state index in [1.807, 2.05) is 13.8 Å². The predicted octanol–water partition coefficient (Wildman–Crippen LogP) is 2.81. The summed E-state index contributed by atoms with van der Waals surface area (Å²) in [5, 5.41) is 0. The van der Waals surface area contributed by atoms with Gasteiger partial charge in [-0.25, -0.2) is 4.39 Å². The van der Waals surface area contributed by atoms with Crippen molar-refractivity contribution in [3.63, 3.8) is 0 Å². The van der Waals surface area contributed by atoms with Crippen LogP contribution in [0.1, 0.15) is 19.4 Å². The predicted molar refractivity (Wildman–Crippen MR) is 79.3 cm³/mol. The van der Waals surface area contributed by atoms with Crippen molar-refractivity contribution < 1.29 is 13.9 Å². The first kappa shape index (κ1) is 15.6. The molecule has 0 unspecified atom stereocenters. The van der Waals surface area contributed by atoms with Gasteiger partial charge in [-0.3, -0.25) is 9.69 Å². The van der Waals surface area contributed by atoms with Gasteiger partial charge in [0.2, 0.25) is 0 Å². The van der Waals surface area contributed by atoms with Gasteiger partial charge >= 0.3 is 0 Å². The van der Waals surface area contributed by atoms with Crippen LogP contribution in [0.25, 0.3) is 0 Å². The molecular formula is C15H19BrFNO2. The molecule has 110 valence electrons. The molecule has 0 saturated carbocycles. The summed E-state index contributed by atoms with van der Waals surface area (Å²) in [5.41, 5.74) is -0.150. The van der Waals surface area contributed by atoms with Crippen LogP contribution in [0.4, 0.5) is 4.39 Å². The molecule has 1 heterocycles. The van der Waals surface area contributed by atoms with Crippen molar-refractivity contribution in [2.24, 2.45) is 0 Å². The van der Waals surface area contributed by atoms with E-state index in [1.54, 1.807) is 12.1 Å². The maximum absolute atomic E-state index is 13.8. The molecule has 0 spiro atoms. The van der Waals surface area contributed by atoms with Gasteiger partial charge in [0.05, 0.1) is 18.8 Å². The maximum Gasteiger partial charge on any atom is 0.156 e. The van der Waals surface area contributed by atoms with Crippen molar-refractivity contribution in [1.29, 1.82) is 0 Å². The van der Waals surface area contributed by atoms with Crippen LogP contribution in [-0.2, 0) is 16.0 Å². The van der Waals surface area contributed by atoms with Crippen molar-refractivity contribution in [3.8, 4) is 0 Å². The lowest BCUT2D eigenvalue weighted by Gasteiger charge is -2.39. The number of carbonyl (C=O) groups is 1. The quantitative estimate of drug-likeness (QED) is 0.841. The highest BCUT2D eigenvalue weighted by molar-refractivity contribution is 9.10. The van der Waals surface area contributed by atoms with E-state index >= 15 is 0 Å². The molecule has 0 aromatic heterocycles. The summed E-state index contributed by atoms with van der Waals surface area (Å²) in [5.74, 6) is -0.314. The van der Waals surface area contributed by atoms with Crippen molar-refractivity contribution in [2.45, 2.75) is 25.8 Å². The molecule has 1 aliphatic heterocycles. The van der Waals surface area contributed by atoms with Gasteiger partial charge in [0.15, 0.2) is 5.78 Å². The second-order valence-corrected chi connectivity index (χ2v) is 6.41. The van der Waals surface area contributed by atoms with E-state index in [0.29, 0.717) is 23.2 Å². The minimum Gasteiger partial charge on any atom is -0.379 e. The third kappa shape index (κ3) is 3.45. The zero-order chi connectivity index (χ0) is 14.8. The number of rotatable bonds is 4. The smallest absolute Gasteiger partial charge is 0.156 e. The number of halogens is 2. The largest absolute Gasteiger partial charge is 0.379 e. The van der Waals surface area contributed by atoms with E-state index in [0.717, 1.165) is 13.1 Å². The number of nitrogens with zero attached hydrogens (tertiary/aromatic N) is 1. The molecule has 0 N–H and O–H groups in total. The SMILES string of the molecule is CC(C)(C(=O)Cc1ccc(Br)cc1F)N1CCOCC1. The van der Waals surface area contributed by atoms with Crippen LogP contribution < -0.4 is 0 Å². The van der Waals surface area contributed by atoms with Gasteiger partial charge in [-0.2, -0.15) is 0 Å². The summed E-state index contributed by atoms with van der Waals surface area (Å²) in [6, 6.07) is 4.81. The third-order valence-corrected chi connectivity index (χ3v) is 4.34. The van der Waals surface area contributed by atoms with Crippen LogP contribution >= 0.6 is 15.9 Å². The first-order chi connectivity index (χ1) is 9.41. The Bertz CT molecular complexity index is 499. The fraction of sp³-hybridized carbons (Fsp3) is 0.533. The van der Waals surface area contributed by atoms with Crippen LogP contribution in [0.5, 0.6) is 0 Å². The molecule has 1 aromatic rings. The van der Waals surface area contributed by atoms with Crippen LogP contribution in [-0.4, -0.2) is 42.5 Å². The summed E-state index contributed by atoms with van der Waals surface area (Å²) in [4.78, 5) is 14.6. The molecule has 0 aliphatic carbocycles. The van der Waals surface area contributed by atoms with E-state index in [4.69, 9.17) is 4.74 Å². The lowest BCUT2D eigenvalue weighted by molar-refractivity contribution is -0.131. The van der Waals surface area contributed by atoms with Crippen LogP contribution in [0.15, 0.2) is 22.7 Å². The van der Waals surface area contributed by atoms with E-state index in [1.165, 1.54) is 6.07 Å². The van der Waals surface area contributed by atoms with Gasteiger partial charge in [0, 0.05) is 24.0 Å². The number of benzene rings is 1. The fourth-order valence-electron chi connectivity index (χ4n) is 2.35. The molecule has 3 nitrogen and oxygen atoms in total. The van der Waals surface area contributed by atoms with E-state index < -0.39 is 5.54 Å². The standard InChI is InChI=1S/C15H19BrFNO2/c1-15(2,18-5-7-20-8-6-18)14(19)9-11-3-4-12(16)10-13(11)17/h3-4,10H,5-9H2,1-2H3. The summed E-state index contributed by atoms with van der Waals surface area (Å²) < 4.78 is 19.8. The molecule has 1 aromatic carbocycles.